The van der Waals surface area contributed by atoms with Crippen molar-refractivity contribution in [3.63, 3.8) is 0 Å². The first-order chi connectivity index (χ1) is 10.3. The predicted octanol–water partition coefficient (Wildman–Crippen LogP) is 2.05. The quantitative estimate of drug-likeness (QED) is 0.406. The van der Waals surface area contributed by atoms with Gasteiger partial charge >= 0.3 is 5.82 Å². The van der Waals surface area contributed by atoms with Crippen LogP contribution in [0.2, 0.25) is 0 Å². The Morgan fingerprint density at radius 3 is 2.29 bits per heavy atom. The number of benzene rings is 1. The zero-order valence-electron chi connectivity index (χ0n) is 10.9. The molecule has 0 radical (unpaired) electrons. The Kier molecular flexibility index (Phi) is 3.22. The van der Waals surface area contributed by atoms with E-state index in [0.717, 1.165) is 0 Å². The molecule has 2 heterocycles. The van der Waals surface area contributed by atoms with Gasteiger partial charge in [-0.3, -0.25) is 0 Å². The Labute approximate surface area is 121 Å². The van der Waals surface area contributed by atoms with E-state index in [1.54, 1.807) is 23.0 Å². The summed E-state index contributed by atoms with van der Waals surface area (Å²) < 4.78 is 1.74. The van der Waals surface area contributed by atoms with Gasteiger partial charge in [0, 0.05) is 0 Å². The fraction of sp³-hybridized carbons (Fsp3) is 0. The summed E-state index contributed by atoms with van der Waals surface area (Å²) in [6.45, 7) is 0. The van der Waals surface area contributed by atoms with E-state index >= 15 is 0 Å². The molecule has 2 aromatic heterocycles. The molecule has 0 saturated carbocycles. The van der Waals surface area contributed by atoms with Crippen molar-refractivity contribution in [3.05, 3.63) is 66.0 Å². The van der Waals surface area contributed by atoms with Gasteiger partial charge in [0.05, 0.1) is 12.4 Å². The summed E-state index contributed by atoms with van der Waals surface area (Å²) in [5.74, 6) is 2.35. The molecule has 0 aliphatic carbocycles. The lowest BCUT2D eigenvalue weighted by atomic mass is 10.2. The van der Waals surface area contributed by atoms with Gasteiger partial charge in [-0.1, -0.05) is 18.2 Å². The maximum Gasteiger partial charge on any atom is 0.356 e. The molecule has 0 aliphatic heterocycles. The number of pyridine rings is 1. The third kappa shape index (κ3) is 2.27. The standard InChI is InChI=1S/C16H9N5/c17-10-12(11-18)15-16(21-8-4-1-5-9-21)20-14-7-3-2-6-13(14)19-15/h1-9H. The van der Waals surface area contributed by atoms with Crippen molar-refractivity contribution in [1.29, 1.82) is 5.26 Å². The van der Waals surface area contributed by atoms with Gasteiger partial charge in [0.15, 0.2) is 5.69 Å². The largest absolute Gasteiger partial charge is 0.762 e. The van der Waals surface area contributed by atoms with Crippen molar-refractivity contribution in [2.45, 2.75) is 0 Å². The van der Waals surface area contributed by atoms with E-state index in [1.165, 1.54) is 0 Å². The first-order valence-electron chi connectivity index (χ1n) is 6.24. The third-order valence-corrected chi connectivity index (χ3v) is 2.97. The van der Waals surface area contributed by atoms with Crippen LogP contribution < -0.4 is 4.57 Å². The SMILES string of the molecule is N#CC(=C=[N-])c1nc2ccccc2nc1-[n+]1ccccc1. The van der Waals surface area contributed by atoms with E-state index in [2.05, 4.69) is 9.97 Å². The van der Waals surface area contributed by atoms with Crippen LogP contribution in [0.25, 0.3) is 27.8 Å². The molecule has 0 saturated heterocycles. The molecule has 0 aliphatic rings. The van der Waals surface area contributed by atoms with E-state index in [-0.39, 0.29) is 11.3 Å². The van der Waals surface area contributed by atoms with Crippen LogP contribution in [-0.4, -0.2) is 15.8 Å². The number of hydrogen-bond acceptors (Lipinski definition) is 3. The van der Waals surface area contributed by atoms with Gasteiger partial charge in [0.2, 0.25) is 5.52 Å². The molecule has 3 aromatic rings. The average molecular weight is 271 g/mol. The number of nitriles is 1. The van der Waals surface area contributed by atoms with Crippen LogP contribution >= 0.6 is 0 Å². The molecular weight excluding hydrogens is 262 g/mol. The minimum Gasteiger partial charge on any atom is -0.762 e. The summed E-state index contributed by atoms with van der Waals surface area (Å²) in [5, 5.41) is 18.3. The smallest absolute Gasteiger partial charge is 0.356 e. The lowest BCUT2D eigenvalue weighted by Crippen LogP contribution is -2.32. The summed E-state index contributed by atoms with van der Waals surface area (Å²) in [4.78, 5) is 8.97. The number of nitrogens with zero attached hydrogens (tertiary/aromatic N) is 5. The van der Waals surface area contributed by atoms with Crippen molar-refractivity contribution in [2.75, 3.05) is 0 Å². The first kappa shape index (κ1) is 12.7. The van der Waals surface area contributed by atoms with Crippen molar-refractivity contribution >= 4 is 22.5 Å². The van der Waals surface area contributed by atoms with E-state index < -0.39 is 0 Å². The van der Waals surface area contributed by atoms with E-state index in [0.29, 0.717) is 16.9 Å². The van der Waals surface area contributed by atoms with Gasteiger partial charge in [-0.25, -0.2) is 15.4 Å². The molecule has 5 heteroatoms. The predicted molar refractivity (Wildman–Crippen MR) is 78.5 cm³/mol. The van der Waals surface area contributed by atoms with Crippen molar-refractivity contribution in [2.24, 2.45) is 0 Å². The zero-order chi connectivity index (χ0) is 14.7. The highest BCUT2D eigenvalue weighted by molar-refractivity contribution is 5.99. The van der Waals surface area contributed by atoms with Crippen LogP contribution in [0.15, 0.2) is 54.9 Å². The van der Waals surface area contributed by atoms with Crippen molar-refractivity contribution in [1.82, 2.24) is 9.97 Å². The third-order valence-electron chi connectivity index (χ3n) is 2.97. The number of aromatic nitrogens is 3. The normalized spacial score (nSPS) is 9.86. The maximum absolute atomic E-state index is 9.14. The van der Waals surface area contributed by atoms with Crippen LogP contribution in [0.5, 0.6) is 0 Å². The van der Waals surface area contributed by atoms with Gasteiger partial charge < -0.3 is 5.41 Å². The number of allylic oxidation sites excluding steroid dienone is 1. The lowest BCUT2D eigenvalue weighted by molar-refractivity contribution is -0.599. The van der Waals surface area contributed by atoms with Crippen LogP contribution in [0.4, 0.5) is 0 Å². The van der Waals surface area contributed by atoms with Crippen LogP contribution in [0.3, 0.4) is 0 Å². The number of para-hydroxylation sites is 2. The minimum atomic E-state index is -0.0559. The van der Waals surface area contributed by atoms with E-state index in [1.807, 2.05) is 48.3 Å². The highest BCUT2D eigenvalue weighted by Gasteiger charge is 2.21. The second-order valence-electron chi connectivity index (χ2n) is 4.27. The topological polar surface area (TPSA) is 75.8 Å². The molecule has 5 nitrogen and oxygen atoms in total. The highest BCUT2D eigenvalue weighted by atomic mass is 15.1. The fourth-order valence-corrected chi connectivity index (χ4v) is 2.01. The molecule has 0 fully saturated rings. The molecule has 3 rings (SSSR count). The molecule has 98 valence electrons. The summed E-state index contributed by atoms with van der Waals surface area (Å²) in [7, 11) is 0. The Balaban J connectivity index is 2.38. The number of fused-ring (bicyclic) bond motifs is 1. The van der Waals surface area contributed by atoms with Gasteiger partial charge in [0.25, 0.3) is 0 Å². The summed E-state index contributed by atoms with van der Waals surface area (Å²) in [6.07, 6.45) is 3.60. The molecule has 0 bridgehead atoms. The highest BCUT2D eigenvalue weighted by Crippen LogP contribution is 2.17. The molecule has 0 unspecified atom stereocenters. The molecule has 1 aromatic carbocycles. The number of hydrogen-bond donors (Lipinski definition) is 0. The summed E-state index contributed by atoms with van der Waals surface area (Å²) in [5.41, 5.74) is 1.59. The Morgan fingerprint density at radius 2 is 1.67 bits per heavy atom. The maximum atomic E-state index is 9.14. The lowest BCUT2D eigenvalue weighted by Gasteiger charge is -2.03. The molecule has 0 amide bonds. The molecule has 0 N–H and O–H groups in total. The van der Waals surface area contributed by atoms with Gasteiger partial charge in [-0.05, 0) is 29.2 Å². The average Bonchev–Trinajstić information content (AvgIpc) is 2.56. The van der Waals surface area contributed by atoms with Gasteiger partial charge in [-0.2, -0.15) is 5.26 Å². The summed E-state index contributed by atoms with van der Waals surface area (Å²) in [6, 6.07) is 14.8. The van der Waals surface area contributed by atoms with Gasteiger partial charge in [0.1, 0.15) is 17.2 Å². The fourth-order valence-electron chi connectivity index (χ4n) is 2.01. The minimum absolute atomic E-state index is 0.0559. The van der Waals surface area contributed by atoms with Crippen LogP contribution in [-0.2, 0) is 0 Å². The number of rotatable bonds is 2. The first-order valence-corrected chi connectivity index (χ1v) is 6.24. The van der Waals surface area contributed by atoms with Crippen molar-refractivity contribution < 1.29 is 4.57 Å². The summed E-state index contributed by atoms with van der Waals surface area (Å²) >= 11 is 0. The second kappa shape index (κ2) is 5.33. The van der Waals surface area contributed by atoms with Crippen LogP contribution in [0, 0.1) is 11.3 Å². The second-order valence-corrected chi connectivity index (χ2v) is 4.27. The van der Waals surface area contributed by atoms with Crippen molar-refractivity contribution in [3.8, 4) is 11.9 Å². The molecular formula is C16H9N5. The molecule has 21 heavy (non-hydrogen) atoms. The molecule has 0 atom stereocenters. The van der Waals surface area contributed by atoms with Gasteiger partial charge in [-0.15, -0.1) is 0 Å². The van der Waals surface area contributed by atoms with E-state index in [4.69, 9.17) is 10.7 Å². The Bertz CT molecular complexity index is 903. The Morgan fingerprint density at radius 1 is 1.00 bits per heavy atom. The van der Waals surface area contributed by atoms with Crippen LogP contribution in [0.1, 0.15) is 5.69 Å². The monoisotopic (exact) mass is 271 g/mol. The Hall–Kier alpha value is -3.35. The zero-order valence-corrected chi connectivity index (χ0v) is 10.9. The molecule has 0 spiro atoms. The van der Waals surface area contributed by atoms with E-state index in [9.17, 15) is 0 Å².